The monoisotopic (exact) mass is 374 g/mol. The Morgan fingerprint density at radius 2 is 2.26 bits per heavy atom. The molecule has 1 aliphatic rings. The molecule has 19 heavy (non-hydrogen) atoms. The highest BCUT2D eigenvalue weighted by molar-refractivity contribution is 14.1. The minimum atomic E-state index is -0.292. The number of carbonyl (C=O) groups is 1. The summed E-state index contributed by atoms with van der Waals surface area (Å²) in [7, 11) is 1.61. The Morgan fingerprint density at radius 3 is 2.74 bits per heavy atom. The molecule has 1 unspecified atom stereocenters. The first-order chi connectivity index (χ1) is 9.00. The fraction of sp³-hybridized carbons (Fsp3) is 0.500. The van der Waals surface area contributed by atoms with Gasteiger partial charge in [-0.2, -0.15) is 0 Å². The number of hydrogen-bond donors (Lipinski definition) is 2. The molecule has 1 fully saturated rings. The second-order valence-corrected chi connectivity index (χ2v) is 6.36. The smallest absolute Gasteiger partial charge is 0.252 e. The lowest BCUT2D eigenvalue weighted by Crippen LogP contribution is -2.53. The molecule has 3 N–H and O–H groups in total. The Morgan fingerprint density at radius 1 is 1.58 bits per heavy atom. The van der Waals surface area contributed by atoms with Gasteiger partial charge in [-0.1, -0.05) is 0 Å². The molecule has 104 valence electrons. The van der Waals surface area contributed by atoms with Crippen LogP contribution in [0.1, 0.15) is 30.1 Å². The van der Waals surface area contributed by atoms with E-state index in [0.29, 0.717) is 18.0 Å². The quantitative estimate of drug-likeness (QED) is 0.777. The molecule has 0 aliphatic heterocycles. The van der Waals surface area contributed by atoms with Crippen molar-refractivity contribution < 1.29 is 9.53 Å². The van der Waals surface area contributed by atoms with Crippen molar-refractivity contribution in [3.63, 3.8) is 0 Å². The van der Waals surface area contributed by atoms with Gasteiger partial charge in [-0.05, 0) is 66.5 Å². The molecule has 2 rings (SSSR count). The SMILES string of the molecule is COc1ccc(C(=O)NC(C)(CN)C2CC2)c(I)c1. The Labute approximate surface area is 127 Å². The summed E-state index contributed by atoms with van der Waals surface area (Å²) in [5.41, 5.74) is 6.20. The number of carbonyl (C=O) groups excluding carboxylic acids is 1. The summed E-state index contributed by atoms with van der Waals surface area (Å²) in [5, 5.41) is 3.09. The maximum atomic E-state index is 12.4. The van der Waals surface area contributed by atoms with Crippen molar-refractivity contribution in [2.75, 3.05) is 13.7 Å². The van der Waals surface area contributed by atoms with Gasteiger partial charge in [-0.25, -0.2) is 0 Å². The minimum absolute atomic E-state index is 0.0631. The van der Waals surface area contributed by atoms with Crippen LogP contribution >= 0.6 is 22.6 Å². The van der Waals surface area contributed by atoms with Crippen LogP contribution < -0.4 is 15.8 Å². The van der Waals surface area contributed by atoms with E-state index < -0.39 is 0 Å². The van der Waals surface area contributed by atoms with E-state index in [9.17, 15) is 4.79 Å². The van der Waals surface area contributed by atoms with Crippen LogP contribution in [-0.2, 0) is 0 Å². The molecule has 1 aromatic carbocycles. The summed E-state index contributed by atoms with van der Waals surface area (Å²) in [4.78, 5) is 12.4. The van der Waals surface area contributed by atoms with Gasteiger partial charge in [0.25, 0.3) is 5.91 Å². The highest BCUT2D eigenvalue weighted by atomic mass is 127. The molecule has 1 atom stereocenters. The van der Waals surface area contributed by atoms with Gasteiger partial charge in [0.2, 0.25) is 0 Å². The summed E-state index contributed by atoms with van der Waals surface area (Å²) in [6.07, 6.45) is 2.29. The molecule has 1 aliphatic carbocycles. The fourth-order valence-electron chi connectivity index (χ4n) is 2.17. The van der Waals surface area contributed by atoms with Crippen molar-refractivity contribution in [2.45, 2.75) is 25.3 Å². The second kappa shape index (κ2) is 5.66. The number of methoxy groups -OCH3 is 1. The number of ether oxygens (including phenoxy) is 1. The van der Waals surface area contributed by atoms with Crippen LogP contribution in [0.5, 0.6) is 5.75 Å². The van der Waals surface area contributed by atoms with Gasteiger partial charge in [0.15, 0.2) is 0 Å². The number of halogens is 1. The van der Waals surface area contributed by atoms with Crippen LogP contribution in [0.2, 0.25) is 0 Å². The number of nitrogens with two attached hydrogens (primary N) is 1. The van der Waals surface area contributed by atoms with Gasteiger partial charge in [0.1, 0.15) is 5.75 Å². The summed E-state index contributed by atoms with van der Waals surface area (Å²) < 4.78 is 6.02. The minimum Gasteiger partial charge on any atom is -0.497 e. The molecule has 1 amide bonds. The van der Waals surface area contributed by atoms with Crippen molar-refractivity contribution in [1.82, 2.24) is 5.32 Å². The first kappa shape index (κ1) is 14.6. The zero-order valence-corrected chi connectivity index (χ0v) is 13.4. The van der Waals surface area contributed by atoms with Gasteiger partial charge >= 0.3 is 0 Å². The lowest BCUT2D eigenvalue weighted by molar-refractivity contribution is 0.0897. The Bertz CT molecular complexity index is 488. The van der Waals surface area contributed by atoms with Gasteiger partial charge in [-0.3, -0.25) is 4.79 Å². The van der Waals surface area contributed by atoms with Crippen LogP contribution in [0, 0.1) is 9.49 Å². The molecule has 0 saturated heterocycles. The van der Waals surface area contributed by atoms with Gasteiger partial charge < -0.3 is 15.8 Å². The first-order valence-corrected chi connectivity index (χ1v) is 7.44. The predicted octanol–water partition coefficient (Wildman–Crippen LogP) is 2.16. The van der Waals surface area contributed by atoms with Crippen molar-refractivity contribution >= 4 is 28.5 Å². The Hall–Kier alpha value is -0.820. The average Bonchev–Trinajstić information content (AvgIpc) is 3.22. The molecule has 0 radical (unpaired) electrons. The maximum absolute atomic E-state index is 12.4. The molecule has 1 aromatic rings. The molecule has 1 saturated carbocycles. The Balaban J connectivity index is 2.15. The molecule has 4 nitrogen and oxygen atoms in total. The highest BCUT2D eigenvalue weighted by Crippen LogP contribution is 2.39. The van der Waals surface area contributed by atoms with Crippen LogP contribution in [0.3, 0.4) is 0 Å². The molecule has 0 heterocycles. The van der Waals surface area contributed by atoms with Crippen LogP contribution in [-0.4, -0.2) is 25.1 Å². The van der Waals surface area contributed by atoms with E-state index in [0.717, 1.165) is 22.2 Å². The molecular weight excluding hydrogens is 355 g/mol. The summed E-state index contributed by atoms with van der Waals surface area (Å²) in [6.45, 7) is 2.50. The van der Waals surface area contributed by atoms with E-state index in [4.69, 9.17) is 10.5 Å². The number of benzene rings is 1. The van der Waals surface area contributed by atoms with E-state index >= 15 is 0 Å². The predicted molar refractivity (Wildman–Crippen MR) is 83.4 cm³/mol. The van der Waals surface area contributed by atoms with E-state index in [1.807, 2.05) is 13.0 Å². The van der Waals surface area contributed by atoms with Crippen molar-refractivity contribution in [3.8, 4) is 5.75 Å². The van der Waals surface area contributed by atoms with E-state index in [2.05, 4.69) is 27.9 Å². The van der Waals surface area contributed by atoms with E-state index in [1.54, 1.807) is 19.2 Å². The summed E-state index contributed by atoms with van der Waals surface area (Å²) in [6, 6.07) is 5.44. The number of amides is 1. The van der Waals surface area contributed by atoms with Crippen molar-refractivity contribution in [1.29, 1.82) is 0 Å². The lowest BCUT2D eigenvalue weighted by Gasteiger charge is -2.29. The molecular formula is C14H19IN2O2. The third kappa shape index (κ3) is 3.20. The summed E-state index contributed by atoms with van der Waals surface area (Å²) in [5.74, 6) is 1.20. The molecule has 0 bridgehead atoms. The van der Waals surface area contributed by atoms with Crippen LogP contribution in [0.25, 0.3) is 0 Å². The number of nitrogens with one attached hydrogen (secondary N) is 1. The normalized spacial score (nSPS) is 17.7. The van der Waals surface area contributed by atoms with E-state index in [-0.39, 0.29) is 11.4 Å². The highest BCUT2D eigenvalue weighted by Gasteiger charge is 2.41. The van der Waals surface area contributed by atoms with E-state index in [1.165, 1.54) is 0 Å². The number of hydrogen-bond acceptors (Lipinski definition) is 3. The standard InChI is InChI=1S/C14H19IN2O2/c1-14(8-16,9-3-4-9)17-13(18)11-6-5-10(19-2)7-12(11)15/h5-7,9H,3-4,8,16H2,1-2H3,(H,17,18). The lowest BCUT2D eigenvalue weighted by atomic mass is 9.95. The fourth-order valence-corrected chi connectivity index (χ4v) is 2.91. The molecule has 0 aromatic heterocycles. The third-order valence-corrected chi connectivity index (χ3v) is 4.61. The van der Waals surface area contributed by atoms with Gasteiger partial charge in [-0.15, -0.1) is 0 Å². The maximum Gasteiger partial charge on any atom is 0.252 e. The average molecular weight is 374 g/mol. The van der Waals surface area contributed by atoms with Gasteiger partial charge in [0.05, 0.1) is 18.2 Å². The second-order valence-electron chi connectivity index (χ2n) is 5.20. The van der Waals surface area contributed by atoms with Crippen molar-refractivity contribution in [3.05, 3.63) is 27.3 Å². The number of rotatable bonds is 5. The Kier molecular flexibility index (Phi) is 4.35. The first-order valence-electron chi connectivity index (χ1n) is 6.36. The largest absolute Gasteiger partial charge is 0.497 e. The van der Waals surface area contributed by atoms with Crippen LogP contribution in [0.15, 0.2) is 18.2 Å². The molecule has 0 spiro atoms. The third-order valence-electron chi connectivity index (χ3n) is 3.72. The topological polar surface area (TPSA) is 64.3 Å². The zero-order chi connectivity index (χ0) is 14.0. The van der Waals surface area contributed by atoms with Crippen molar-refractivity contribution in [2.24, 2.45) is 11.7 Å². The summed E-state index contributed by atoms with van der Waals surface area (Å²) >= 11 is 2.15. The van der Waals surface area contributed by atoms with Crippen LogP contribution in [0.4, 0.5) is 0 Å². The molecule has 5 heteroatoms. The van der Waals surface area contributed by atoms with Gasteiger partial charge in [0, 0.05) is 10.1 Å². The zero-order valence-electron chi connectivity index (χ0n) is 11.2.